The van der Waals surface area contributed by atoms with Crippen molar-refractivity contribution in [1.29, 1.82) is 0 Å². The third kappa shape index (κ3) is 23.0. The maximum Gasteiger partial charge on any atom is 0.245 e. The van der Waals surface area contributed by atoms with Crippen LogP contribution in [0.3, 0.4) is 0 Å². The minimum atomic E-state index is -2.02. The largest absolute Gasteiger partial charge is 0.394 e. The lowest BCUT2D eigenvalue weighted by molar-refractivity contribution is -0.138. The molecule has 11 atom stereocenters. The normalized spacial score (nSPS) is 15.2. The highest BCUT2D eigenvalue weighted by atomic mass is 16.3. The molecule has 78 heavy (non-hydrogen) atoms. The molecule has 0 radical (unpaired) electrons. The van der Waals surface area contributed by atoms with Crippen molar-refractivity contribution in [2.24, 2.45) is 17.4 Å². The number of benzene rings is 1. The van der Waals surface area contributed by atoms with Gasteiger partial charge in [-0.15, -0.1) is 0 Å². The molecule has 34 heteroatoms. The molecular weight excluding hydrogens is 1050 g/mol. The Hall–Kier alpha value is -7.54. The van der Waals surface area contributed by atoms with E-state index in [1.54, 1.807) is 44.2 Å². The van der Waals surface area contributed by atoms with Crippen molar-refractivity contribution >= 4 is 70.9 Å². The average Bonchev–Trinajstić information content (AvgIpc) is 3.41. The standard InChI is InChI=1S/C44H71N13O21/c1-20(2)8-22(34(46)68)48-35(69)23(9-21-6-4-3-5-7-21)49-37(71)25(12-59)51-39(73)27(14-61)53-41(75)29(16-63)55-43(77)31(18-65)57-44(78)32(19-66)56-42(76)30(17-64)54-40(74)28(15-62)52-38(72)26(13-60)50-36(70)24(11-58)47-33(67)10-45/h3-7,20,22-32,58-66H,8-19,45H2,1-2H3,(H2,46,68)(H,47,67)(H,48,69)(H,49,71)(H,50,70)(H,51,73)(H,52,72)(H,53,75)(H,54,74)(H,55,77)(H,56,76)(H,57,78)/t22-,23-,24-,25-,26-,27-,28-,29-,30-,31-,32-/m0/s1. The van der Waals surface area contributed by atoms with Crippen LogP contribution in [0, 0.1) is 5.92 Å². The summed E-state index contributed by atoms with van der Waals surface area (Å²) in [6, 6.07) is -11.5. The van der Waals surface area contributed by atoms with E-state index >= 15 is 0 Å². The first-order valence-electron chi connectivity index (χ1n) is 23.8. The van der Waals surface area contributed by atoms with Gasteiger partial charge in [-0.2, -0.15) is 0 Å². The molecule has 0 aromatic heterocycles. The van der Waals surface area contributed by atoms with E-state index in [0.29, 0.717) is 5.56 Å². The molecule has 0 fully saturated rings. The van der Waals surface area contributed by atoms with E-state index < -0.39 is 203 Å². The van der Waals surface area contributed by atoms with Crippen LogP contribution in [0.25, 0.3) is 0 Å². The Morgan fingerprint density at radius 1 is 0.359 bits per heavy atom. The van der Waals surface area contributed by atoms with E-state index in [-0.39, 0.29) is 18.8 Å². The van der Waals surface area contributed by atoms with Gasteiger partial charge < -0.3 is 116 Å². The number of hydrogen-bond donors (Lipinski definition) is 22. The minimum absolute atomic E-state index is 0.0805. The Balaban J connectivity index is 3.02. The fourth-order valence-corrected chi connectivity index (χ4v) is 6.50. The molecule has 1 aromatic carbocycles. The highest BCUT2D eigenvalue weighted by molar-refractivity contribution is 5.99. The van der Waals surface area contributed by atoms with Crippen LogP contribution in [0.5, 0.6) is 0 Å². The van der Waals surface area contributed by atoms with Crippen molar-refractivity contribution in [2.75, 3.05) is 66.0 Å². The topological polar surface area (TPSA) is 571 Å². The van der Waals surface area contributed by atoms with E-state index in [0.717, 1.165) is 0 Å². The lowest BCUT2D eigenvalue weighted by Crippen LogP contribution is -2.63. The summed E-state index contributed by atoms with van der Waals surface area (Å²) in [7, 11) is 0. The summed E-state index contributed by atoms with van der Waals surface area (Å²) in [6.07, 6.45) is 0.0226. The molecule has 438 valence electrons. The zero-order valence-corrected chi connectivity index (χ0v) is 42.4. The number of primary amides is 1. The summed E-state index contributed by atoms with van der Waals surface area (Å²) >= 11 is 0. The molecule has 1 rings (SSSR count). The van der Waals surface area contributed by atoms with Crippen LogP contribution in [0.2, 0.25) is 0 Å². The summed E-state index contributed by atoms with van der Waals surface area (Å²) in [5, 5.41) is 111. The van der Waals surface area contributed by atoms with Crippen LogP contribution in [0.15, 0.2) is 30.3 Å². The predicted molar refractivity (Wildman–Crippen MR) is 263 cm³/mol. The lowest BCUT2D eigenvalue weighted by Gasteiger charge is -2.26. The van der Waals surface area contributed by atoms with Gasteiger partial charge in [-0.1, -0.05) is 44.2 Å². The fraction of sp³-hybridized carbons (Fsp3) is 0.591. The maximum absolute atomic E-state index is 13.4. The fourth-order valence-electron chi connectivity index (χ4n) is 6.50. The number of hydrogen-bond acceptors (Lipinski definition) is 22. The zero-order chi connectivity index (χ0) is 59.2. The number of nitrogens with one attached hydrogen (secondary N) is 11. The number of amides is 12. The molecule has 0 aliphatic rings. The third-order valence-corrected chi connectivity index (χ3v) is 10.8. The Morgan fingerprint density at radius 2 is 0.577 bits per heavy atom. The minimum Gasteiger partial charge on any atom is -0.394 e. The molecule has 24 N–H and O–H groups in total. The van der Waals surface area contributed by atoms with Crippen molar-refractivity contribution in [2.45, 2.75) is 93.1 Å². The monoisotopic (exact) mass is 1120 g/mol. The van der Waals surface area contributed by atoms with Gasteiger partial charge in [0.2, 0.25) is 70.9 Å². The molecule has 0 aliphatic heterocycles. The Kier molecular flexibility index (Phi) is 31.4. The van der Waals surface area contributed by atoms with Gasteiger partial charge in [-0.25, -0.2) is 0 Å². The van der Waals surface area contributed by atoms with Gasteiger partial charge in [-0.05, 0) is 17.9 Å². The summed E-state index contributed by atoms with van der Waals surface area (Å²) < 4.78 is 0. The molecule has 0 bridgehead atoms. The quantitative estimate of drug-likeness (QED) is 0.0297. The van der Waals surface area contributed by atoms with Crippen LogP contribution < -0.4 is 70.0 Å². The molecule has 0 saturated carbocycles. The van der Waals surface area contributed by atoms with Gasteiger partial charge in [0, 0.05) is 6.42 Å². The van der Waals surface area contributed by atoms with E-state index in [4.69, 9.17) is 11.5 Å². The highest BCUT2D eigenvalue weighted by Gasteiger charge is 2.36. The van der Waals surface area contributed by atoms with E-state index in [1.807, 2.05) is 42.5 Å². The highest BCUT2D eigenvalue weighted by Crippen LogP contribution is 2.08. The van der Waals surface area contributed by atoms with Gasteiger partial charge in [0.25, 0.3) is 0 Å². The Bertz CT molecular complexity index is 2200. The van der Waals surface area contributed by atoms with Crippen molar-refractivity contribution < 1.29 is 103 Å². The van der Waals surface area contributed by atoms with Gasteiger partial charge in [0.15, 0.2) is 0 Å². The van der Waals surface area contributed by atoms with Crippen molar-refractivity contribution in [1.82, 2.24) is 58.5 Å². The maximum atomic E-state index is 13.4. The van der Waals surface area contributed by atoms with E-state index in [1.165, 1.54) is 0 Å². The average molecular weight is 1120 g/mol. The number of carbonyl (C=O) groups excluding carboxylic acids is 12. The second-order valence-corrected chi connectivity index (χ2v) is 17.3. The van der Waals surface area contributed by atoms with E-state index in [2.05, 4.69) is 16.0 Å². The molecule has 0 spiro atoms. The van der Waals surface area contributed by atoms with Crippen LogP contribution in [0.4, 0.5) is 0 Å². The summed E-state index contributed by atoms with van der Waals surface area (Å²) in [6.45, 7) is -7.51. The SMILES string of the molecule is CC(C)C[C@H](NC(=O)[C@H](Cc1ccccc1)NC(=O)[C@H](CO)NC(=O)[C@H](CO)NC(=O)[C@H](CO)NC(=O)[C@H](CO)NC(=O)[C@H](CO)NC(=O)[C@H](CO)NC(=O)[C@H](CO)NC(=O)[C@H](CO)NC(=O)[C@H](CO)NC(=O)CN)C(N)=O. The number of nitrogens with two attached hydrogens (primary N) is 2. The molecule has 0 heterocycles. The smallest absolute Gasteiger partial charge is 0.245 e. The Labute approximate surface area is 444 Å². The van der Waals surface area contributed by atoms with Gasteiger partial charge >= 0.3 is 0 Å². The zero-order valence-electron chi connectivity index (χ0n) is 42.4. The van der Waals surface area contributed by atoms with Gasteiger partial charge in [0.05, 0.1) is 66.0 Å². The van der Waals surface area contributed by atoms with E-state index in [9.17, 15) is 103 Å². The summed E-state index contributed by atoms with van der Waals surface area (Å²) in [5.41, 5.74) is 11.2. The molecular formula is C44H71N13O21. The second kappa shape index (κ2) is 35.7. The molecule has 34 nitrogen and oxygen atoms in total. The number of carbonyl (C=O) groups is 12. The van der Waals surface area contributed by atoms with Crippen molar-refractivity contribution in [3.63, 3.8) is 0 Å². The molecule has 0 saturated heterocycles. The molecule has 0 aliphatic carbocycles. The first-order chi connectivity index (χ1) is 36.9. The van der Waals surface area contributed by atoms with Gasteiger partial charge in [0.1, 0.15) is 66.5 Å². The van der Waals surface area contributed by atoms with Crippen LogP contribution in [-0.4, -0.2) is 249 Å². The Morgan fingerprint density at radius 3 is 0.795 bits per heavy atom. The first-order valence-corrected chi connectivity index (χ1v) is 23.8. The molecule has 1 aromatic rings. The number of aliphatic hydroxyl groups is 9. The first kappa shape index (κ1) is 68.5. The number of rotatable bonds is 36. The lowest BCUT2D eigenvalue weighted by atomic mass is 10.0. The number of aliphatic hydroxyl groups excluding tert-OH is 9. The van der Waals surface area contributed by atoms with Crippen molar-refractivity contribution in [3.05, 3.63) is 35.9 Å². The molecule has 0 unspecified atom stereocenters. The predicted octanol–water partition coefficient (Wildman–Crippen LogP) is -14.0. The van der Waals surface area contributed by atoms with Crippen molar-refractivity contribution in [3.8, 4) is 0 Å². The van der Waals surface area contributed by atoms with Crippen LogP contribution in [-0.2, 0) is 64.0 Å². The summed E-state index contributed by atoms with van der Waals surface area (Å²) in [5.74, 6) is -14.5. The second-order valence-electron chi connectivity index (χ2n) is 17.3. The van der Waals surface area contributed by atoms with Crippen LogP contribution in [0.1, 0.15) is 25.8 Å². The van der Waals surface area contributed by atoms with Crippen LogP contribution >= 0.6 is 0 Å². The molecule has 12 amide bonds. The van der Waals surface area contributed by atoms with Gasteiger partial charge in [-0.3, -0.25) is 57.5 Å². The summed E-state index contributed by atoms with van der Waals surface area (Å²) in [4.78, 5) is 154. The third-order valence-electron chi connectivity index (χ3n) is 10.8.